The van der Waals surface area contributed by atoms with Crippen LogP contribution in [0.1, 0.15) is 32.6 Å². The molecule has 3 heteroatoms. The lowest BCUT2D eigenvalue weighted by molar-refractivity contribution is -0.128. The first-order valence-electron chi connectivity index (χ1n) is 4.58. The van der Waals surface area contributed by atoms with E-state index in [1.165, 1.54) is 19.3 Å². The number of primary amides is 1. The van der Waals surface area contributed by atoms with Crippen molar-refractivity contribution in [1.29, 1.82) is 0 Å². The zero-order chi connectivity index (χ0) is 9.14. The molecule has 1 aliphatic rings. The van der Waals surface area contributed by atoms with Gasteiger partial charge in [0.15, 0.2) is 0 Å². The van der Waals surface area contributed by atoms with Crippen LogP contribution in [0.25, 0.3) is 0 Å². The van der Waals surface area contributed by atoms with Gasteiger partial charge in [-0.05, 0) is 18.3 Å². The van der Waals surface area contributed by atoms with E-state index in [9.17, 15) is 9.90 Å². The summed E-state index contributed by atoms with van der Waals surface area (Å²) in [5.41, 5.74) is 4.98. The summed E-state index contributed by atoms with van der Waals surface area (Å²) in [4.78, 5) is 10.6. The number of aliphatic hydroxyl groups excluding tert-OH is 1. The van der Waals surface area contributed by atoms with Crippen LogP contribution in [0.4, 0.5) is 0 Å². The Bertz CT molecular complexity index is 166. The molecule has 1 rings (SSSR count). The van der Waals surface area contributed by atoms with Gasteiger partial charge in [0.2, 0.25) is 5.91 Å². The van der Waals surface area contributed by atoms with Crippen LogP contribution in [0.2, 0.25) is 0 Å². The summed E-state index contributed by atoms with van der Waals surface area (Å²) >= 11 is 0. The second kappa shape index (κ2) is 3.90. The second-order valence-electron chi connectivity index (χ2n) is 3.86. The lowest BCUT2D eigenvalue weighted by Crippen LogP contribution is -2.35. The third kappa shape index (κ3) is 2.21. The molecule has 12 heavy (non-hydrogen) atoms. The molecule has 0 heterocycles. The minimum absolute atomic E-state index is 0.0211. The van der Waals surface area contributed by atoms with Crippen molar-refractivity contribution in [2.45, 2.75) is 38.7 Å². The lowest BCUT2D eigenvalue weighted by Gasteiger charge is -2.29. The van der Waals surface area contributed by atoms with Crippen molar-refractivity contribution < 1.29 is 9.90 Å². The summed E-state index contributed by atoms with van der Waals surface area (Å²) in [6, 6.07) is 0. The van der Waals surface area contributed by atoms with Gasteiger partial charge in [-0.1, -0.05) is 26.2 Å². The van der Waals surface area contributed by atoms with Crippen LogP contribution in [0.5, 0.6) is 0 Å². The number of amides is 1. The van der Waals surface area contributed by atoms with Crippen molar-refractivity contribution >= 4 is 5.91 Å². The molecule has 0 radical (unpaired) electrons. The normalized spacial score (nSPS) is 22.8. The van der Waals surface area contributed by atoms with Gasteiger partial charge >= 0.3 is 0 Å². The molecule has 0 spiro atoms. The Labute approximate surface area is 72.9 Å². The number of nitrogens with two attached hydrogens (primary N) is 1. The van der Waals surface area contributed by atoms with Gasteiger partial charge in [0, 0.05) is 0 Å². The van der Waals surface area contributed by atoms with E-state index in [1.807, 2.05) is 6.92 Å². The predicted molar refractivity (Wildman–Crippen MR) is 46.3 cm³/mol. The highest BCUT2D eigenvalue weighted by atomic mass is 16.3. The van der Waals surface area contributed by atoms with Crippen molar-refractivity contribution in [3.05, 3.63) is 0 Å². The number of hydrogen-bond donors (Lipinski definition) is 2. The van der Waals surface area contributed by atoms with Crippen LogP contribution < -0.4 is 5.73 Å². The van der Waals surface area contributed by atoms with E-state index in [1.54, 1.807) is 0 Å². The highest BCUT2D eigenvalue weighted by Gasteiger charge is 2.26. The molecule has 1 aliphatic carbocycles. The van der Waals surface area contributed by atoms with E-state index in [-0.39, 0.29) is 5.92 Å². The number of aliphatic hydroxyl groups is 1. The maximum atomic E-state index is 10.6. The zero-order valence-electron chi connectivity index (χ0n) is 7.49. The fourth-order valence-electron chi connectivity index (χ4n) is 1.66. The topological polar surface area (TPSA) is 63.3 Å². The summed E-state index contributed by atoms with van der Waals surface area (Å²) in [5.74, 6) is 0.142. The molecule has 0 unspecified atom stereocenters. The largest absolute Gasteiger partial charge is 0.383 e. The van der Waals surface area contributed by atoms with Crippen molar-refractivity contribution in [2.75, 3.05) is 0 Å². The van der Waals surface area contributed by atoms with Crippen LogP contribution in [0.3, 0.4) is 0 Å². The average Bonchev–Trinajstić information content (AvgIpc) is 1.94. The Morgan fingerprint density at radius 2 is 2.25 bits per heavy atom. The molecule has 3 nitrogen and oxygen atoms in total. The molecule has 0 aromatic carbocycles. The molecule has 1 fully saturated rings. The highest BCUT2D eigenvalue weighted by molar-refractivity contribution is 5.78. The zero-order valence-corrected chi connectivity index (χ0v) is 7.49. The van der Waals surface area contributed by atoms with Gasteiger partial charge in [-0.25, -0.2) is 0 Å². The van der Waals surface area contributed by atoms with Gasteiger partial charge in [-0.15, -0.1) is 0 Å². The number of carbonyl (C=O) groups is 1. The summed E-state index contributed by atoms with van der Waals surface area (Å²) in [5, 5.41) is 9.29. The standard InChI is InChI=1S/C9H17NO2/c1-6(8(11)9(10)12)5-7-3-2-4-7/h6-8,11H,2-5H2,1H3,(H2,10,12)/t6-,8+/m0/s1. The molecule has 0 saturated heterocycles. The molecule has 2 atom stereocenters. The first-order valence-corrected chi connectivity index (χ1v) is 4.58. The summed E-state index contributed by atoms with van der Waals surface area (Å²) in [6.07, 6.45) is 3.77. The van der Waals surface area contributed by atoms with Crippen molar-refractivity contribution in [2.24, 2.45) is 17.6 Å². The minimum atomic E-state index is -0.953. The van der Waals surface area contributed by atoms with Gasteiger partial charge in [0.1, 0.15) is 6.10 Å². The van der Waals surface area contributed by atoms with Crippen molar-refractivity contribution in [1.82, 2.24) is 0 Å². The minimum Gasteiger partial charge on any atom is -0.383 e. The maximum absolute atomic E-state index is 10.6. The Morgan fingerprint density at radius 1 is 1.67 bits per heavy atom. The number of rotatable bonds is 4. The van der Waals surface area contributed by atoms with E-state index in [4.69, 9.17) is 5.73 Å². The molecule has 0 aromatic heterocycles. The second-order valence-corrected chi connectivity index (χ2v) is 3.86. The molecule has 0 aromatic rings. The third-order valence-corrected chi connectivity index (χ3v) is 2.76. The number of carbonyl (C=O) groups excluding carboxylic acids is 1. The monoisotopic (exact) mass is 171 g/mol. The summed E-state index contributed by atoms with van der Waals surface area (Å²) in [6.45, 7) is 1.88. The quantitative estimate of drug-likeness (QED) is 0.652. The lowest BCUT2D eigenvalue weighted by atomic mass is 9.78. The molecular formula is C9H17NO2. The first kappa shape index (κ1) is 9.52. The molecule has 0 bridgehead atoms. The van der Waals surface area contributed by atoms with E-state index in [2.05, 4.69) is 0 Å². The predicted octanol–water partition coefficient (Wildman–Crippen LogP) is 0.659. The molecule has 70 valence electrons. The van der Waals surface area contributed by atoms with Gasteiger partial charge in [-0.3, -0.25) is 4.79 Å². The molecule has 1 saturated carbocycles. The van der Waals surface area contributed by atoms with Crippen LogP contribution in [0, 0.1) is 11.8 Å². The van der Waals surface area contributed by atoms with E-state index in [0.29, 0.717) is 5.92 Å². The van der Waals surface area contributed by atoms with Gasteiger partial charge < -0.3 is 10.8 Å². The molecule has 3 N–H and O–H groups in total. The van der Waals surface area contributed by atoms with E-state index < -0.39 is 12.0 Å². The van der Waals surface area contributed by atoms with Gasteiger partial charge in [0.25, 0.3) is 0 Å². The fourth-order valence-corrected chi connectivity index (χ4v) is 1.66. The third-order valence-electron chi connectivity index (χ3n) is 2.76. The molecule has 1 amide bonds. The van der Waals surface area contributed by atoms with E-state index in [0.717, 1.165) is 6.42 Å². The Morgan fingerprint density at radius 3 is 2.58 bits per heavy atom. The molecule has 0 aliphatic heterocycles. The Kier molecular flexibility index (Phi) is 3.09. The molecular weight excluding hydrogens is 154 g/mol. The maximum Gasteiger partial charge on any atom is 0.246 e. The van der Waals surface area contributed by atoms with Crippen molar-refractivity contribution in [3.8, 4) is 0 Å². The van der Waals surface area contributed by atoms with Gasteiger partial charge in [0.05, 0.1) is 0 Å². The SMILES string of the molecule is C[C@@H](CC1CCC1)[C@@H](O)C(N)=O. The van der Waals surface area contributed by atoms with Crippen LogP contribution >= 0.6 is 0 Å². The smallest absolute Gasteiger partial charge is 0.246 e. The average molecular weight is 171 g/mol. The van der Waals surface area contributed by atoms with E-state index >= 15 is 0 Å². The van der Waals surface area contributed by atoms with Crippen molar-refractivity contribution in [3.63, 3.8) is 0 Å². The summed E-state index contributed by atoms with van der Waals surface area (Å²) in [7, 11) is 0. The summed E-state index contributed by atoms with van der Waals surface area (Å²) < 4.78 is 0. The Hall–Kier alpha value is -0.570. The Balaban J connectivity index is 2.25. The first-order chi connectivity index (χ1) is 5.61. The fraction of sp³-hybridized carbons (Fsp3) is 0.889. The highest BCUT2D eigenvalue weighted by Crippen LogP contribution is 2.32. The van der Waals surface area contributed by atoms with Crippen LogP contribution in [0.15, 0.2) is 0 Å². The van der Waals surface area contributed by atoms with Gasteiger partial charge in [-0.2, -0.15) is 0 Å². The number of hydrogen-bond acceptors (Lipinski definition) is 2. The van der Waals surface area contributed by atoms with Crippen LogP contribution in [-0.4, -0.2) is 17.1 Å². The van der Waals surface area contributed by atoms with Crippen LogP contribution in [-0.2, 0) is 4.79 Å².